The average molecular weight is 685 g/mol. The molecule has 0 amide bonds. The van der Waals surface area contributed by atoms with Gasteiger partial charge in [0.1, 0.15) is 0 Å². The number of carboxylic acid groups (broad SMARTS) is 2. The van der Waals surface area contributed by atoms with E-state index in [-0.39, 0.29) is 42.0 Å². The number of carbonyl (C=O) groups is 2. The Hall–Kier alpha value is -1.38. The van der Waals surface area contributed by atoms with Gasteiger partial charge in [0.15, 0.2) is 5.79 Å². The lowest BCUT2D eigenvalue weighted by Gasteiger charge is -2.48. The zero-order chi connectivity index (χ0) is 35.6. The highest BCUT2D eigenvalue weighted by Crippen LogP contribution is 2.55. The maximum absolute atomic E-state index is 12.0. The van der Waals surface area contributed by atoms with Gasteiger partial charge in [-0.1, -0.05) is 41.5 Å². The summed E-state index contributed by atoms with van der Waals surface area (Å²) in [5, 5.41) is 41.6. The number of carboxylic acids is 2. The SMILES string of the molecule is CC[C@]1([C@@H]2O[C@@H]([C@H]3O[C@@](O)(C(=O)O)[C@H](C)C[C@@H]3C)C[C@@H]2C)CC[C@H]([C@]2(C)CC[C@]3(C[C@H](O)[C@@H](C)[C@H]([C@@H](C)[C@@H](OC)[C@H](C)C(=O)O)O3)O2)O1. The van der Waals surface area contributed by atoms with E-state index >= 15 is 0 Å². The van der Waals surface area contributed by atoms with Gasteiger partial charge in [-0.25, -0.2) is 4.79 Å². The van der Waals surface area contributed by atoms with Gasteiger partial charge in [-0.15, -0.1) is 0 Å². The minimum atomic E-state index is -2.24. The summed E-state index contributed by atoms with van der Waals surface area (Å²) < 4.78 is 39.0. The van der Waals surface area contributed by atoms with E-state index in [1.165, 1.54) is 7.11 Å². The van der Waals surface area contributed by atoms with Crippen LogP contribution in [0, 0.1) is 35.5 Å². The van der Waals surface area contributed by atoms with Crippen molar-refractivity contribution in [3.8, 4) is 0 Å². The van der Waals surface area contributed by atoms with Gasteiger partial charge in [-0.2, -0.15) is 0 Å². The van der Waals surface area contributed by atoms with Crippen molar-refractivity contribution in [2.24, 2.45) is 35.5 Å². The second-order valence-corrected chi connectivity index (χ2v) is 16.3. The van der Waals surface area contributed by atoms with E-state index in [1.807, 2.05) is 20.8 Å². The molecule has 48 heavy (non-hydrogen) atoms. The third-order valence-corrected chi connectivity index (χ3v) is 13.0. The molecule has 0 bridgehead atoms. The molecule has 5 heterocycles. The van der Waals surface area contributed by atoms with Crippen LogP contribution in [0.3, 0.4) is 0 Å². The maximum Gasteiger partial charge on any atom is 0.364 e. The van der Waals surface area contributed by atoms with Gasteiger partial charge in [0.05, 0.1) is 59.8 Å². The zero-order valence-corrected chi connectivity index (χ0v) is 30.2. The van der Waals surface area contributed by atoms with Crippen LogP contribution in [0.1, 0.15) is 107 Å². The lowest BCUT2D eigenvalue weighted by Crippen LogP contribution is -2.58. The number of aliphatic hydroxyl groups is 2. The van der Waals surface area contributed by atoms with E-state index in [0.29, 0.717) is 32.1 Å². The van der Waals surface area contributed by atoms with E-state index in [0.717, 1.165) is 19.3 Å². The van der Waals surface area contributed by atoms with E-state index in [9.17, 15) is 30.0 Å². The van der Waals surface area contributed by atoms with Gasteiger partial charge in [0, 0.05) is 37.7 Å². The summed E-state index contributed by atoms with van der Waals surface area (Å²) in [5.74, 6) is -7.31. The van der Waals surface area contributed by atoms with Crippen LogP contribution in [0.25, 0.3) is 0 Å². The quantitative estimate of drug-likeness (QED) is 0.257. The molecule has 5 saturated heterocycles. The first-order chi connectivity index (χ1) is 22.4. The highest BCUT2D eigenvalue weighted by Gasteiger charge is 2.62. The second-order valence-electron chi connectivity index (χ2n) is 16.3. The third kappa shape index (κ3) is 6.46. The van der Waals surface area contributed by atoms with Gasteiger partial charge >= 0.3 is 11.9 Å². The van der Waals surface area contributed by atoms with Crippen LogP contribution < -0.4 is 0 Å². The minimum Gasteiger partial charge on any atom is -0.481 e. The fraction of sp³-hybridized carbons (Fsp3) is 0.944. The number of aliphatic hydroxyl groups excluding tert-OH is 1. The highest BCUT2D eigenvalue weighted by atomic mass is 16.7. The Morgan fingerprint density at radius 3 is 2.27 bits per heavy atom. The molecule has 1 spiro atoms. The van der Waals surface area contributed by atoms with E-state index < -0.39 is 71.0 Å². The minimum absolute atomic E-state index is 0.0130. The summed E-state index contributed by atoms with van der Waals surface area (Å²) in [6.07, 6.45) is 1.79. The first-order valence-corrected chi connectivity index (χ1v) is 18.1. The fourth-order valence-corrected chi connectivity index (χ4v) is 9.93. The third-order valence-electron chi connectivity index (χ3n) is 13.0. The van der Waals surface area contributed by atoms with Gasteiger partial charge in [-0.3, -0.25) is 4.79 Å². The molecule has 0 aromatic heterocycles. The number of hydrogen-bond donors (Lipinski definition) is 4. The van der Waals surface area contributed by atoms with Crippen LogP contribution in [0.5, 0.6) is 0 Å². The number of hydrogen-bond acceptors (Lipinski definition) is 10. The van der Waals surface area contributed by atoms with Crippen molar-refractivity contribution in [1.29, 1.82) is 0 Å². The summed E-state index contributed by atoms with van der Waals surface area (Å²) in [5.41, 5.74) is -1.26. The van der Waals surface area contributed by atoms with Crippen LogP contribution >= 0.6 is 0 Å². The Morgan fingerprint density at radius 2 is 1.67 bits per heavy atom. The summed E-state index contributed by atoms with van der Waals surface area (Å²) in [4.78, 5) is 23.8. The van der Waals surface area contributed by atoms with E-state index in [2.05, 4.69) is 20.8 Å². The van der Waals surface area contributed by atoms with Crippen molar-refractivity contribution in [3.63, 3.8) is 0 Å². The molecule has 0 unspecified atom stereocenters. The average Bonchev–Trinajstić information content (AvgIpc) is 3.73. The lowest BCUT2D eigenvalue weighted by molar-refractivity contribution is -0.335. The van der Waals surface area contributed by atoms with Gasteiger partial charge < -0.3 is 48.8 Å². The molecule has 0 aromatic carbocycles. The van der Waals surface area contributed by atoms with Crippen molar-refractivity contribution in [2.75, 3.05) is 7.11 Å². The first-order valence-electron chi connectivity index (χ1n) is 18.1. The summed E-state index contributed by atoms with van der Waals surface area (Å²) in [6, 6.07) is 0. The van der Waals surface area contributed by atoms with Crippen molar-refractivity contribution >= 4 is 11.9 Å². The molecule has 0 saturated carbocycles. The Bertz CT molecular complexity index is 1180. The van der Waals surface area contributed by atoms with Crippen LogP contribution in [-0.4, -0.2) is 105 Å². The molecule has 12 nitrogen and oxygen atoms in total. The summed E-state index contributed by atoms with van der Waals surface area (Å²) >= 11 is 0. The van der Waals surface area contributed by atoms with Crippen LogP contribution in [0.4, 0.5) is 0 Å². The largest absolute Gasteiger partial charge is 0.481 e. The molecule has 4 N–H and O–H groups in total. The lowest BCUT2D eigenvalue weighted by atomic mass is 9.78. The molecule has 276 valence electrons. The van der Waals surface area contributed by atoms with Crippen molar-refractivity contribution in [1.82, 2.24) is 0 Å². The standard InChI is InChI=1S/C36H60O12/c1-10-34(30-19(3)16-25(44-30)27-18(2)15-20(4)36(42,47-27)32(40)41)12-11-26(45-34)33(8)13-14-35(48-33)17-24(37)21(5)29(46-35)22(6)28(43-9)23(7)31(38)39/h18-30,37,42H,10-17H2,1-9H3,(H,38,39)(H,40,41)/t18-,19-,20+,21+,22-,23-,24-,25+,26+,27-,28+,29+,30+,33-,34+,35+,36+/m0/s1. The molecule has 17 atom stereocenters. The molecule has 5 aliphatic heterocycles. The maximum atomic E-state index is 12.0. The predicted molar refractivity (Wildman–Crippen MR) is 173 cm³/mol. The monoisotopic (exact) mass is 684 g/mol. The van der Waals surface area contributed by atoms with Crippen LogP contribution in [-0.2, 0) is 38.0 Å². The molecule has 0 aliphatic carbocycles. The molecule has 0 radical (unpaired) electrons. The van der Waals surface area contributed by atoms with Gasteiger partial charge in [-0.05, 0) is 64.2 Å². The number of rotatable bonds is 10. The molecule has 5 rings (SSSR count). The molecular formula is C36H60O12. The van der Waals surface area contributed by atoms with Crippen molar-refractivity contribution < 1.29 is 58.4 Å². The van der Waals surface area contributed by atoms with Gasteiger partial charge in [0.25, 0.3) is 5.79 Å². The zero-order valence-electron chi connectivity index (χ0n) is 30.2. The topological polar surface area (TPSA) is 170 Å². The number of ether oxygens (including phenoxy) is 6. The summed E-state index contributed by atoms with van der Waals surface area (Å²) in [7, 11) is 1.51. The molecule has 5 fully saturated rings. The normalized spacial score (nSPS) is 50.0. The van der Waals surface area contributed by atoms with Crippen LogP contribution in [0.15, 0.2) is 0 Å². The molecular weight excluding hydrogens is 624 g/mol. The molecule has 0 aromatic rings. The smallest absolute Gasteiger partial charge is 0.364 e. The molecule has 5 aliphatic rings. The molecule has 12 heteroatoms. The van der Waals surface area contributed by atoms with Gasteiger partial charge in [0.2, 0.25) is 0 Å². The Balaban J connectivity index is 1.29. The van der Waals surface area contributed by atoms with Crippen LogP contribution in [0.2, 0.25) is 0 Å². The fourth-order valence-electron chi connectivity index (χ4n) is 9.93. The first kappa shape index (κ1) is 37.9. The highest BCUT2D eigenvalue weighted by molar-refractivity contribution is 5.75. The van der Waals surface area contributed by atoms with E-state index in [1.54, 1.807) is 13.8 Å². The van der Waals surface area contributed by atoms with Crippen molar-refractivity contribution in [3.05, 3.63) is 0 Å². The predicted octanol–water partition coefficient (Wildman–Crippen LogP) is 4.37. The Morgan fingerprint density at radius 1 is 0.979 bits per heavy atom. The van der Waals surface area contributed by atoms with Crippen molar-refractivity contribution in [2.45, 2.75) is 172 Å². The number of aliphatic carboxylic acids is 2. The number of methoxy groups -OCH3 is 1. The summed E-state index contributed by atoms with van der Waals surface area (Å²) in [6.45, 7) is 15.5. The van der Waals surface area contributed by atoms with E-state index in [4.69, 9.17) is 28.4 Å². The second kappa shape index (κ2) is 13.6. The Labute approximate surface area is 285 Å². The Kier molecular flexibility index (Phi) is 10.8.